The van der Waals surface area contributed by atoms with E-state index in [2.05, 4.69) is 70.2 Å². The summed E-state index contributed by atoms with van der Waals surface area (Å²) in [7, 11) is 0. The maximum absolute atomic E-state index is 2.57. The minimum Gasteiger partial charge on any atom is -0.0622 e. The van der Waals surface area contributed by atoms with Gasteiger partial charge < -0.3 is 0 Å². The largest absolute Gasteiger partial charge is 0.0622 e. The molecule has 2 aliphatic carbocycles. The predicted octanol–water partition coefficient (Wildman–Crippen LogP) is 7.40. The third kappa shape index (κ3) is 2.14. The predicted molar refractivity (Wildman–Crippen MR) is 113 cm³/mol. The number of benzene rings is 3. The Morgan fingerprint density at radius 1 is 0.846 bits per heavy atom. The zero-order valence-electron chi connectivity index (χ0n) is 16.6. The minimum absolute atomic E-state index is 0.500. The molecule has 3 aromatic carbocycles. The SMILES string of the molecule is Cc1cccc2c1ccc1c3c(ccc12)[C@@H]1[C@@H](C)[C@H](C)CC[C@]1(C)CC3. The number of hydrogen-bond acceptors (Lipinski definition) is 0. The van der Waals surface area contributed by atoms with E-state index in [1.165, 1.54) is 52.8 Å². The van der Waals surface area contributed by atoms with Crippen LogP contribution in [0.3, 0.4) is 0 Å². The van der Waals surface area contributed by atoms with Gasteiger partial charge in [0.1, 0.15) is 0 Å². The molecule has 5 rings (SSSR count). The van der Waals surface area contributed by atoms with E-state index >= 15 is 0 Å². The first-order chi connectivity index (χ1) is 12.5. The molecule has 2 aliphatic rings. The van der Waals surface area contributed by atoms with E-state index in [1.807, 2.05) is 0 Å². The lowest BCUT2D eigenvalue weighted by Crippen LogP contribution is -2.41. The second kappa shape index (κ2) is 5.59. The molecule has 0 radical (unpaired) electrons. The van der Waals surface area contributed by atoms with Crippen molar-refractivity contribution in [3.63, 3.8) is 0 Å². The van der Waals surface area contributed by atoms with Crippen LogP contribution in [0.25, 0.3) is 21.5 Å². The van der Waals surface area contributed by atoms with Crippen LogP contribution in [0.5, 0.6) is 0 Å². The molecular weight excluding hydrogens is 312 g/mol. The van der Waals surface area contributed by atoms with E-state index in [1.54, 1.807) is 11.1 Å². The first kappa shape index (κ1) is 16.4. The summed E-state index contributed by atoms with van der Waals surface area (Å²) in [6.45, 7) is 9.77. The molecular formula is C26H30. The van der Waals surface area contributed by atoms with Crippen LogP contribution in [0.1, 0.15) is 62.6 Å². The molecule has 0 heteroatoms. The highest BCUT2D eigenvalue weighted by Crippen LogP contribution is 2.58. The highest BCUT2D eigenvalue weighted by Gasteiger charge is 2.46. The van der Waals surface area contributed by atoms with Gasteiger partial charge in [-0.3, -0.25) is 0 Å². The molecule has 0 aliphatic heterocycles. The highest BCUT2D eigenvalue weighted by molar-refractivity contribution is 6.09. The Hall–Kier alpha value is -1.82. The van der Waals surface area contributed by atoms with Crippen LogP contribution in [-0.4, -0.2) is 0 Å². The van der Waals surface area contributed by atoms with Crippen molar-refractivity contribution in [2.45, 2.75) is 59.3 Å². The Morgan fingerprint density at radius 3 is 2.42 bits per heavy atom. The maximum atomic E-state index is 2.57. The van der Waals surface area contributed by atoms with Crippen LogP contribution in [0, 0.1) is 24.2 Å². The van der Waals surface area contributed by atoms with Gasteiger partial charge in [0.25, 0.3) is 0 Å². The fourth-order valence-electron chi connectivity index (χ4n) is 6.27. The number of aryl methyl sites for hydroxylation is 2. The van der Waals surface area contributed by atoms with Gasteiger partial charge in [0.15, 0.2) is 0 Å². The smallest absolute Gasteiger partial charge is 0.00767 e. The van der Waals surface area contributed by atoms with Gasteiger partial charge in [-0.2, -0.15) is 0 Å². The van der Waals surface area contributed by atoms with Crippen LogP contribution >= 0.6 is 0 Å². The summed E-state index contributed by atoms with van der Waals surface area (Å²) in [5.41, 5.74) is 5.19. The number of rotatable bonds is 0. The molecule has 0 aromatic heterocycles. The third-order valence-corrected chi connectivity index (χ3v) is 8.05. The van der Waals surface area contributed by atoms with Gasteiger partial charge in [0.2, 0.25) is 0 Å². The van der Waals surface area contributed by atoms with E-state index in [0.717, 1.165) is 17.8 Å². The van der Waals surface area contributed by atoms with E-state index in [0.29, 0.717) is 5.41 Å². The van der Waals surface area contributed by atoms with Crippen LogP contribution in [-0.2, 0) is 6.42 Å². The molecule has 0 saturated heterocycles. The van der Waals surface area contributed by atoms with Gasteiger partial charge in [-0.15, -0.1) is 0 Å². The van der Waals surface area contributed by atoms with Gasteiger partial charge in [0.05, 0.1) is 0 Å². The van der Waals surface area contributed by atoms with Crippen molar-refractivity contribution in [1.82, 2.24) is 0 Å². The van der Waals surface area contributed by atoms with Crippen molar-refractivity contribution in [3.8, 4) is 0 Å². The van der Waals surface area contributed by atoms with E-state index in [9.17, 15) is 0 Å². The Bertz CT molecular complexity index is 1010. The summed E-state index contributed by atoms with van der Waals surface area (Å²) in [6, 6.07) is 16.4. The van der Waals surface area contributed by atoms with Crippen molar-refractivity contribution in [2.24, 2.45) is 17.3 Å². The standard InChI is InChI=1S/C26H30/c1-16-12-14-26(4)15-13-23-22-9-8-19-17(2)6-5-7-20(19)21(22)10-11-24(23)25(26)18(16)3/h5-11,16,18,25H,12-15H2,1-4H3/t16-,18+,25+,26-/m1/s1. The van der Waals surface area contributed by atoms with Gasteiger partial charge in [-0.25, -0.2) is 0 Å². The van der Waals surface area contributed by atoms with Crippen LogP contribution in [0.2, 0.25) is 0 Å². The fourth-order valence-corrected chi connectivity index (χ4v) is 6.27. The Kier molecular flexibility index (Phi) is 3.52. The topological polar surface area (TPSA) is 0 Å². The molecule has 4 atom stereocenters. The quantitative estimate of drug-likeness (QED) is 0.373. The molecule has 0 N–H and O–H groups in total. The molecule has 0 amide bonds. The molecule has 0 heterocycles. The average Bonchev–Trinajstić information content (AvgIpc) is 2.64. The summed E-state index contributed by atoms with van der Waals surface area (Å²) in [5, 5.41) is 5.78. The molecule has 3 aromatic rings. The van der Waals surface area contributed by atoms with Gasteiger partial charge in [-0.05, 0) is 94.0 Å². The summed E-state index contributed by atoms with van der Waals surface area (Å²) < 4.78 is 0. The summed E-state index contributed by atoms with van der Waals surface area (Å²) in [6.07, 6.45) is 5.41. The highest BCUT2D eigenvalue weighted by atomic mass is 14.5. The average molecular weight is 343 g/mol. The second-order valence-electron chi connectivity index (χ2n) is 9.47. The van der Waals surface area contributed by atoms with E-state index in [4.69, 9.17) is 0 Å². The van der Waals surface area contributed by atoms with Crippen LogP contribution < -0.4 is 0 Å². The van der Waals surface area contributed by atoms with Crippen molar-refractivity contribution in [2.75, 3.05) is 0 Å². The summed E-state index contributed by atoms with van der Waals surface area (Å²) >= 11 is 0. The first-order valence-electron chi connectivity index (χ1n) is 10.4. The zero-order valence-corrected chi connectivity index (χ0v) is 16.6. The van der Waals surface area contributed by atoms with Gasteiger partial charge >= 0.3 is 0 Å². The normalized spacial score (nSPS) is 31.0. The van der Waals surface area contributed by atoms with Crippen LogP contribution in [0.15, 0.2) is 42.5 Å². The van der Waals surface area contributed by atoms with Crippen molar-refractivity contribution in [3.05, 3.63) is 59.2 Å². The molecule has 1 fully saturated rings. The maximum Gasteiger partial charge on any atom is -0.00767 e. The van der Waals surface area contributed by atoms with Crippen molar-refractivity contribution in [1.29, 1.82) is 0 Å². The van der Waals surface area contributed by atoms with Crippen LogP contribution in [0.4, 0.5) is 0 Å². The molecule has 0 spiro atoms. The lowest BCUT2D eigenvalue weighted by Gasteiger charge is -2.52. The molecule has 0 bridgehead atoms. The Labute approximate surface area is 157 Å². The van der Waals surface area contributed by atoms with Gasteiger partial charge in [0, 0.05) is 0 Å². The van der Waals surface area contributed by atoms with Crippen molar-refractivity contribution < 1.29 is 0 Å². The third-order valence-electron chi connectivity index (χ3n) is 8.05. The monoisotopic (exact) mass is 342 g/mol. The lowest BCUT2D eigenvalue weighted by molar-refractivity contribution is 0.0667. The zero-order chi connectivity index (χ0) is 18.1. The number of fused-ring (bicyclic) bond motifs is 7. The van der Waals surface area contributed by atoms with E-state index < -0.39 is 0 Å². The van der Waals surface area contributed by atoms with E-state index in [-0.39, 0.29) is 0 Å². The Morgan fingerprint density at radius 2 is 1.58 bits per heavy atom. The minimum atomic E-state index is 0.500. The van der Waals surface area contributed by atoms with Gasteiger partial charge in [-0.1, -0.05) is 63.2 Å². The lowest BCUT2D eigenvalue weighted by atomic mass is 9.53. The summed E-state index contributed by atoms with van der Waals surface area (Å²) in [5.74, 6) is 2.36. The Balaban J connectivity index is 1.77. The first-order valence-corrected chi connectivity index (χ1v) is 10.4. The second-order valence-corrected chi connectivity index (χ2v) is 9.47. The molecule has 26 heavy (non-hydrogen) atoms. The molecule has 0 unspecified atom stereocenters. The summed E-state index contributed by atoms with van der Waals surface area (Å²) in [4.78, 5) is 0. The molecule has 1 saturated carbocycles. The van der Waals surface area contributed by atoms with Crippen molar-refractivity contribution >= 4 is 21.5 Å². The fraction of sp³-hybridized carbons (Fsp3) is 0.462. The number of hydrogen-bond donors (Lipinski definition) is 0. The molecule has 0 nitrogen and oxygen atoms in total. The molecule has 134 valence electrons.